The smallest absolute Gasteiger partial charge is 0.253 e. The Labute approximate surface area is 106 Å². The fraction of sp³-hybridized carbons (Fsp3) is 0.462. The van der Waals surface area contributed by atoms with Gasteiger partial charge in [0.1, 0.15) is 5.75 Å². The van der Waals surface area contributed by atoms with Crippen molar-refractivity contribution in [2.75, 3.05) is 18.8 Å². The molecule has 4 heteroatoms. The van der Waals surface area contributed by atoms with Gasteiger partial charge >= 0.3 is 0 Å². The lowest BCUT2D eigenvalue weighted by atomic mass is 10.1. The molecule has 3 nitrogen and oxygen atoms in total. The minimum Gasteiger partial charge on any atom is -0.508 e. The van der Waals surface area contributed by atoms with Gasteiger partial charge in [-0.25, -0.2) is 0 Å². The standard InChI is InChI=1S/C13H17NO2S/c1-9-7-11(3-4-12(9)15)13(16)14-5-6-17-10(2)8-14/h3-4,7,10,15H,5-6,8H2,1-2H3. The maximum atomic E-state index is 12.2. The molecule has 17 heavy (non-hydrogen) atoms. The second-order valence-corrected chi connectivity index (χ2v) is 5.98. The molecule has 1 atom stereocenters. The average Bonchev–Trinajstić information content (AvgIpc) is 2.32. The molecule has 1 aliphatic rings. The number of thioether (sulfide) groups is 1. The number of benzene rings is 1. The molecule has 1 aromatic rings. The summed E-state index contributed by atoms with van der Waals surface area (Å²) in [5, 5.41) is 9.96. The second kappa shape index (κ2) is 5.00. The predicted molar refractivity (Wildman–Crippen MR) is 70.7 cm³/mol. The Balaban J connectivity index is 2.15. The lowest BCUT2D eigenvalue weighted by Crippen LogP contribution is -2.41. The summed E-state index contributed by atoms with van der Waals surface area (Å²) in [6.45, 7) is 5.57. The molecular weight excluding hydrogens is 234 g/mol. The Bertz CT molecular complexity index is 433. The normalized spacial score (nSPS) is 20.4. The highest BCUT2D eigenvalue weighted by atomic mass is 32.2. The van der Waals surface area contributed by atoms with Crippen molar-refractivity contribution in [3.8, 4) is 5.75 Å². The Morgan fingerprint density at radius 3 is 2.94 bits per heavy atom. The molecule has 0 radical (unpaired) electrons. The fourth-order valence-electron chi connectivity index (χ4n) is 1.97. The van der Waals surface area contributed by atoms with Crippen LogP contribution in [0.25, 0.3) is 0 Å². The summed E-state index contributed by atoms with van der Waals surface area (Å²) >= 11 is 1.91. The summed E-state index contributed by atoms with van der Waals surface area (Å²) in [7, 11) is 0. The molecule has 1 saturated heterocycles. The third kappa shape index (κ3) is 2.75. The largest absolute Gasteiger partial charge is 0.508 e. The van der Waals surface area contributed by atoms with Crippen LogP contribution in [0, 0.1) is 6.92 Å². The SMILES string of the molecule is Cc1cc(C(=O)N2CCSC(C)C2)ccc1O. The van der Waals surface area contributed by atoms with E-state index in [4.69, 9.17) is 0 Å². The van der Waals surface area contributed by atoms with Gasteiger partial charge in [-0.1, -0.05) is 6.92 Å². The number of aryl methyl sites for hydroxylation is 1. The Morgan fingerprint density at radius 1 is 1.53 bits per heavy atom. The Hall–Kier alpha value is -1.16. The zero-order valence-corrected chi connectivity index (χ0v) is 11.0. The van der Waals surface area contributed by atoms with Gasteiger partial charge in [-0.2, -0.15) is 11.8 Å². The average molecular weight is 251 g/mol. The number of phenols is 1. The molecule has 0 aliphatic carbocycles. The van der Waals surface area contributed by atoms with Crippen molar-refractivity contribution in [2.24, 2.45) is 0 Å². The number of aromatic hydroxyl groups is 1. The fourth-order valence-corrected chi connectivity index (χ4v) is 2.99. The highest BCUT2D eigenvalue weighted by molar-refractivity contribution is 7.99. The van der Waals surface area contributed by atoms with Crippen molar-refractivity contribution in [1.29, 1.82) is 0 Å². The number of nitrogens with zero attached hydrogens (tertiary/aromatic N) is 1. The van der Waals surface area contributed by atoms with Crippen LogP contribution in [-0.2, 0) is 0 Å². The third-order valence-electron chi connectivity index (χ3n) is 2.97. The molecule has 1 unspecified atom stereocenters. The molecule has 0 saturated carbocycles. The molecule has 1 N–H and O–H groups in total. The maximum absolute atomic E-state index is 12.2. The molecule has 1 aromatic carbocycles. The van der Waals surface area contributed by atoms with Crippen LogP contribution >= 0.6 is 11.8 Å². The van der Waals surface area contributed by atoms with Gasteiger partial charge in [0.15, 0.2) is 0 Å². The van der Waals surface area contributed by atoms with Crippen molar-refractivity contribution in [3.63, 3.8) is 0 Å². The van der Waals surface area contributed by atoms with E-state index in [2.05, 4.69) is 6.92 Å². The van der Waals surface area contributed by atoms with Crippen molar-refractivity contribution in [3.05, 3.63) is 29.3 Å². The maximum Gasteiger partial charge on any atom is 0.253 e. The quantitative estimate of drug-likeness (QED) is 0.832. The van der Waals surface area contributed by atoms with Gasteiger partial charge in [0, 0.05) is 29.7 Å². The molecule has 0 bridgehead atoms. The van der Waals surface area contributed by atoms with Crippen LogP contribution in [0.15, 0.2) is 18.2 Å². The van der Waals surface area contributed by atoms with E-state index in [0.717, 1.165) is 24.4 Å². The molecule has 92 valence electrons. The van der Waals surface area contributed by atoms with Crippen molar-refractivity contribution in [2.45, 2.75) is 19.1 Å². The summed E-state index contributed by atoms with van der Waals surface area (Å²) in [5.41, 5.74) is 1.41. The lowest BCUT2D eigenvalue weighted by Gasteiger charge is -2.30. The van der Waals surface area contributed by atoms with Gasteiger partial charge in [-0.3, -0.25) is 4.79 Å². The van der Waals surface area contributed by atoms with E-state index in [-0.39, 0.29) is 11.7 Å². The van der Waals surface area contributed by atoms with Crippen molar-refractivity contribution >= 4 is 17.7 Å². The molecule has 1 aliphatic heterocycles. The number of carbonyl (C=O) groups is 1. The first-order valence-electron chi connectivity index (χ1n) is 5.78. The topological polar surface area (TPSA) is 40.5 Å². The molecule has 1 amide bonds. The van der Waals surface area contributed by atoms with Gasteiger partial charge in [0.25, 0.3) is 5.91 Å². The summed E-state index contributed by atoms with van der Waals surface area (Å²) in [4.78, 5) is 14.1. The monoisotopic (exact) mass is 251 g/mol. The summed E-state index contributed by atoms with van der Waals surface area (Å²) in [5.74, 6) is 1.31. The van der Waals surface area contributed by atoms with Crippen LogP contribution < -0.4 is 0 Å². The van der Waals surface area contributed by atoms with E-state index >= 15 is 0 Å². The molecule has 1 heterocycles. The zero-order chi connectivity index (χ0) is 12.4. The van der Waals surface area contributed by atoms with E-state index in [1.165, 1.54) is 0 Å². The molecule has 0 spiro atoms. The number of rotatable bonds is 1. The van der Waals surface area contributed by atoms with Crippen molar-refractivity contribution < 1.29 is 9.90 Å². The second-order valence-electron chi connectivity index (χ2n) is 4.43. The van der Waals surface area contributed by atoms with Crippen LogP contribution in [0.1, 0.15) is 22.8 Å². The van der Waals surface area contributed by atoms with Crippen LogP contribution in [0.3, 0.4) is 0 Å². The Kier molecular flexibility index (Phi) is 3.62. The predicted octanol–water partition coefficient (Wildman–Crippen LogP) is 2.28. The van der Waals surface area contributed by atoms with E-state index in [1.54, 1.807) is 25.1 Å². The van der Waals surface area contributed by atoms with Crippen molar-refractivity contribution in [1.82, 2.24) is 4.90 Å². The van der Waals surface area contributed by atoms with Crippen LogP contribution in [-0.4, -0.2) is 40.0 Å². The highest BCUT2D eigenvalue weighted by Crippen LogP contribution is 2.22. The van der Waals surface area contributed by atoms with Gasteiger partial charge < -0.3 is 10.0 Å². The lowest BCUT2D eigenvalue weighted by molar-refractivity contribution is 0.0763. The first kappa shape index (κ1) is 12.3. The van der Waals surface area contributed by atoms with E-state index < -0.39 is 0 Å². The molecule has 2 rings (SSSR count). The van der Waals surface area contributed by atoms with Gasteiger partial charge in [-0.15, -0.1) is 0 Å². The van der Waals surface area contributed by atoms with Gasteiger partial charge in [-0.05, 0) is 30.7 Å². The van der Waals surface area contributed by atoms with E-state index in [1.807, 2.05) is 16.7 Å². The van der Waals surface area contributed by atoms with E-state index in [9.17, 15) is 9.90 Å². The zero-order valence-electron chi connectivity index (χ0n) is 10.1. The summed E-state index contributed by atoms with van der Waals surface area (Å²) in [6.07, 6.45) is 0. The van der Waals surface area contributed by atoms with E-state index in [0.29, 0.717) is 10.8 Å². The van der Waals surface area contributed by atoms with Crippen LogP contribution in [0.4, 0.5) is 0 Å². The Morgan fingerprint density at radius 2 is 2.29 bits per heavy atom. The number of carbonyl (C=O) groups excluding carboxylic acids is 1. The molecule has 1 fully saturated rings. The first-order valence-corrected chi connectivity index (χ1v) is 6.83. The van der Waals surface area contributed by atoms with Gasteiger partial charge in [0.05, 0.1) is 0 Å². The number of hydrogen-bond donors (Lipinski definition) is 1. The number of amides is 1. The third-order valence-corrected chi connectivity index (χ3v) is 4.11. The first-order chi connectivity index (χ1) is 8.08. The van der Waals surface area contributed by atoms with Crippen LogP contribution in [0.2, 0.25) is 0 Å². The summed E-state index contributed by atoms with van der Waals surface area (Å²) < 4.78 is 0. The molecular formula is C13H17NO2S. The highest BCUT2D eigenvalue weighted by Gasteiger charge is 2.22. The van der Waals surface area contributed by atoms with Crippen LogP contribution in [0.5, 0.6) is 5.75 Å². The number of hydrogen-bond acceptors (Lipinski definition) is 3. The minimum absolute atomic E-state index is 0.0697. The molecule has 0 aromatic heterocycles. The van der Waals surface area contributed by atoms with Gasteiger partial charge in [0.2, 0.25) is 0 Å². The summed E-state index contributed by atoms with van der Waals surface area (Å²) in [6, 6.07) is 5.03. The minimum atomic E-state index is 0.0697. The number of phenolic OH excluding ortho intramolecular Hbond substituents is 1.